The second-order valence-corrected chi connectivity index (χ2v) is 7.69. The lowest BCUT2D eigenvalue weighted by Gasteiger charge is -2.15. The van der Waals surface area contributed by atoms with Gasteiger partial charge in [-0.3, -0.25) is 4.79 Å². The second-order valence-electron chi connectivity index (χ2n) is 5.75. The summed E-state index contributed by atoms with van der Waals surface area (Å²) in [4.78, 5) is 12.5. The number of sulfonamides is 1. The third-order valence-corrected chi connectivity index (χ3v) is 6.03. The molecule has 3 rings (SSSR count). The van der Waals surface area contributed by atoms with Crippen LogP contribution in [0.1, 0.15) is 28.8 Å². The molecule has 7 heteroatoms. The molecule has 25 heavy (non-hydrogen) atoms. The lowest BCUT2D eigenvalue weighted by molar-refractivity contribution is 0.102. The molecule has 2 aromatic rings. The summed E-state index contributed by atoms with van der Waals surface area (Å²) in [7, 11) is -3.49. The number of carbonyl (C=O) groups is 1. The first-order valence-electron chi connectivity index (χ1n) is 7.93. The molecule has 0 saturated carbocycles. The molecule has 0 spiro atoms. The van der Waals surface area contributed by atoms with Gasteiger partial charge in [-0.1, -0.05) is 12.1 Å². The fourth-order valence-corrected chi connectivity index (χ4v) is 4.26. The summed E-state index contributed by atoms with van der Waals surface area (Å²) in [6.07, 6.45) is 1.75. The Balaban J connectivity index is 1.78. The van der Waals surface area contributed by atoms with Gasteiger partial charge >= 0.3 is 0 Å². The Morgan fingerprint density at radius 2 is 1.68 bits per heavy atom. The van der Waals surface area contributed by atoms with Crippen LogP contribution in [0.2, 0.25) is 0 Å². The van der Waals surface area contributed by atoms with Gasteiger partial charge in [0.25, 0.3) is 5.91 Å². The highest BCUT2D eigenvalue weighted by Gasteiger charge is 2.27. The van der Waals surface area contributed by atoms with Crippen molar-refractivity contribution in [2.45, 2.75) is 17.7 Å². The molecule has 1 aliphatic rings. The minimum Gasteiger partial charge on any atom is -0.321 e. The van der Waals surface area contributed by atoms with Crippen molar-refractivity contribution in [3.63, 3.8) is 0 Å². The lowest BCUT2D eigenvalue weighted by atomic mass is 10.1. The van der Waals surface area contributed by atoms with E-state index in [1.165, 1.54) is 28.6 Å². The van der Waals surface area contributed by atoms with Gasteiger partial charge in [0.15, 0.2) is 0 Å². The third-order valence-electron chi connectivity index (χ3n) is 4.12. The van der Waals surface area contributed by atoms with E-state index < -0.39 is 15.9 Å². The highest BCUT2D eigenvalue weighted by molar-refractivity contribution is 7.89. The van der Waals surface area contributed by atoms with E-state index in [9.17, 15) is 13.2 Å². The van der Waals surface area contributed by atoms with Gasteiger partial charge in [0.1, 0.15) is 6.07 Å². The van der Waals surface area contributed by atoms with Gasteiger partial charge < -0.3 is 5.32 Å². The normalized spacial score (nSPS) is 14.8. The van der Waals surface area contributed by atoms with E-state index in [-0.39, 0.29) is 4.90 Å². The van der Waals surface area contributed by atoms with Crippen molar-refractivity contribution in [2.75, 3.05) is 18.4 Å². The summed E-state index contributed by atoms with van der Waals surface area (Å²) in [5.41, 5.74) is 1.11. The first-order valence-corrected chi connectivity index (χ1v) is 9.37. The predicted molar refractivity (Wildman–Crippen MR) is 93.5 cm³/mol. The molecule has 0 atom stereocenters. The van der Waals surface area contributed by atoms with E-state index in [1.54, 1.807) is 24.3 Å². The summed E-state index contributed by atoms with van der Waals surface area (Å²) in [5, 5.41) is 11.7. The number of carbonyl (C=O) groups excluding carboxylic acids is 1. The molecule has 0 radical (unpaired) electrons. The van der Waals surface area contributed by atoms with Crippen molar-refractivity contribution in [1.82, 2.24) is 4.31 Å². The molecule has 1 aliphatic heterocycles. The molecule has 128 valence electrons. The molecule has 1 heterocycles. The van der Waals surface area contributed by atoms with Crippen molar-refractivity contribution in [3.8, 4) is 6.07 Å². The highest BCUT2D eigenvalue weighted by atomic mass is 32.2. The van der Waals surface area contributed by atoms with Crippen LogP contribution in [0.15, 0.2) is 53.4 Å². The van der Waals surface area contributed by atoms with Gasteiger partial charge in [0.2, 0.25) is 10.0 Å². The van der Waals surface area contributed by atoms with Crippen molar-refractivity contribution in [3.05, 3.63) is 59.7 Å². The van der Waals surface area contributed by atoms with Gasteiger partial charge in [-0.2, -0.15) is 9.57 Å². The van der Waals surface area contributed by atoms with E-state index in [0.717, 1.165) is 12.8 Å². The number of benzene rings is 2. The fraction of sp³-hybridized carbons (Fsp3) is 0.222. The maximum Gasteiger partial charge on any atom is 0.255 e. The predicted octanol–water partition coefficient (Wildman–Crippen LogP) is 2.60. The minimum absolute atomic E-state index is 0.184. The van der Waals surface area contributed by atoms with Gasteiger partial charge in [0, 0.05) is 18.7 Å². The summed E-state index contributed by atoms with van der Waals surface area (Å²) < 4.78 is 26.4. The number of amides is 1. The van der Waals surface area contributed by atoms with Gasteiger partial charge in [-0.05, 0) is 49.2 Å². The van der Waals surface area contributed by atoms with Crippen LogP contribution in [0.25, 0.3) is 0 Å². The largest absolute Gasteiger partial charge is 0.321 e. The van der Waals surface area contributed by atoms with Gasteiger partial charge in [-0.15, -0.1) is 0 Å². The molecule has 0 aromatic heterocycles. The minimum atomic E-state index is -3.49. The average molecular weight is 355 g/mol. The second kappa shape index (κ2) is 7.05. The van der Waals surface area contributed by atoms with Crippen LogP contribution in [0, 0.1) is 11.3 Å². The number of hydrogen-bond donors (Lipinski definition) is 1. The zero-order valence-electron chi connectivity index (χ0n) is 13.5. The highest BCUT2D eigenvalue weighted by Crippen LogP contribution is 2.21. The molecule has 2 aromatic carbocycles. The first kappa shape index (κ1) is 17.1. The Hall–Kier alpha value is -2.69. The van der Waals surface area contributed by atoms with E-state index >= 15 is 0 Å². The topological polar surface area (TPSA) is 90.3 Å². The Bertz CT molecular complexity index is 925. The fourth-order valence-electron chi connectivity index (χ4n) is 2.74. The number of nitrogens with one attached hydrogen (secondary N) is 1. The quantitative estimate of drug-likeness (QED) is 0.913. The maximum atomic E-state index is 12.5. The smallest absolute Gasteiger partial charge is 0.255 e. The van der Waals surface area contributed by atoms with Crippen LogP contribution in [-0.2, 0) is 10.0 Å². The van der Waals surface area contributed by atoms with Crippen LogP contribution in [-0.4, -0.2) is 31.7 Å². The van der Waals surface area contributed by atoms with E-state index in [4.69, 9.17) is 5.26 Å². The van der Waals surface area contributed by atoms with Crippen molar-refractivity contribution >= 4 is 21.6 Å². The van der Waals surface area contributed by atoms with Crippen molar-refractivity contribution in [2.24, 2.45) is 0 Å². The summed E-state index contributed by atoms with van der Waals surface area (Å²) >= 11 is 0. The third kappa shape index (κ3) is 3.55. The van der Waals surface area contributed by atoms with Crippen molar-refractivity contribution in [1.29, 1.82) is 5.26 Å². The van der Waals surface area contributed by atoms with Gasteiger partial charge in [0.05, 0.1) is 16.1 Å². The molecule has 1 amide bonds. The number of nitriles is 1. The molecule has 1 saturated heterocycles. The summed E-state index contributed by atoms with van der Waals surface area (Å²) in [6, 6.07) is 14.6. The Morgan fingerprint density at radius 1 is 1.04 bits per heavy atom. The van der Waals surface area contributed by atoms with Crippen LogP contribution in [0.4, 0.5) is 5.69 Å². The monoisotopic (exact) mass is 355 g/mol. The summed E-state index contributed by atoms with van der Waals surface area (Å²) in [6.45, 7) is 1.07. The standard InChI is InChI=1S/C18H17N3O3S/c19-13-15-5-1-2-6-17(15)20-18(22)14-7-9-16(10-8-14)25(23,24)21-11-3-4-12-21/h1-2,5-10H,3-4,11-12H2,(H,20,22). The van der Waals surface area contributed by atoms with Crippen molar-refractivity contribution < 1.29 is 13.2 Å². The molecule has 0 bridgehead atoms. The van der Waals surface area contributed by atoms with Gasteiger partial charge in [-0.25, -0.2) is 8.42 Å². The molecule has 1 fully saturated rings. The zero-order valence-corrected chi connectivity index (χ0v) is 14.3. The molecule has 6 nitrogen and oxygen atoms in total. The van der Waals surface area contributed by atoms with Crippen LogP contribution in [0.5, 0.6) is 0 Å². The maximum absolute atomic E-state index is 12.5. The SMILES string of the molecule is N#Cc1ccccc1NC(=O)c1ccc(S(=O)(=O)N2CCCC2)cc1. The number of hydrogen-bond acceptors (Lipinski definition) is 4. The van der Waals surface area contributed by atoms with E-state index in [2.05, 4.69) is 5.32 Å². The van der Waals surface area contributed by atoms with Crippen LogP contribution < -0.4 is 5.32 Å². The number of rotatable bonds is 4. The molecule has 0 unspecified atom stereocenters. The Labute approximate surface area is 146 Å². The lowest BCUT2D eigenvalue weighted by Crippen LogP contribution is -2.27. The zero-order chi connectivity index (χ0) is 17.9. The van der Waals surface area contributed by atoms with Crippen LogP contribution in [0.3, 0.4) is 0 Å². The van der Waals surface area contributed by atoms with E-state index in [0.29, 0.717) is 29.9 Å². The number of para-hydroxylation sites is 1. The number of nitrogens with zero attached hydrogens (tertiary/aromatic N) is 2. The average Bonchev–Trinajstić information content (AvgIpc) is 3.18. The van der Waals surface area contributed by atoms with Crippen LogP contribution >= 0.6 is 0 Å². The molecule has 0 aliphatic carbocycles. The Kier molecular flexibility index (Phi) is 4.83. The summed E-state index contributed by atoms with van der Waals surface area (Å²) in [5.74, 6) is -0.396. The Morgan fingerprint density at radius 3 is 2.32 bits per heavy atom. The molecular weight excluding hydrogens is 338 g/mol. The van der Waals surface area contributed by atoms with E-state index in [1.807, 2.05) is 6.07 Å². The molecular formula is C18H17N3O3S. The molecule has 1 N–H and O–H groups in total. The number of anilines is 1. The first-order chi connectivity index (χ1) is 12.0.